The Hall–Kier alpha value is -0.970. The smallest absolute Gasteiger partial charge is 0.157 e. The summed E-state index contributed by atoms with van der Waals surface area (Å²) in [5.74, 6) is -0.331. The van der Waals surface area contributed by atoms with E-state index >= 15 is 0 Å². The number of benzene rings is 1. The molecule has 0 aliphatic heterocycles. The Balaban J connectivity index is 0.00000169. The highest BCUT2D eigenvalue weighted by Crippen LogP contribution is 2.27. The average molecular weight is 220 g/mol. The third kappa shape index (κ3) is 2.77. The maximum atomic E-state index is 9.18. The lowest BCUT2D eigenvalue weighted by molar-refractivity contribution is 0.250. The minimum atomic E-state index is -0.216. The predicted molar refractivity (Wildman–Crippen MR) is 55.9 cm³/mol. The van der Waals surface area contributed by atoms with Crippen LogP contribution in [-0.2, 0) is 0 Å². The second-order valence-corrected chi connectivity index (χ2v) is 2.77. The van der Waals surface area contributed by atoms with Crippen molar-refractivity contribution in [2.24, 2.45) is 0 Å². The van der Waals surface area contributed by atoms with Gasteiger partial charge in [0.15, 0.2) is 11.5 Å². The SMILES string of the molecule is CNC(CO)c1ccc(O)c(O)c1.Cl. The molecule has 1 unspecified atom stereocenters. The molecule has 0 heterocycles. The first-order valence-electron chi connectivity index (χ1n) is 3.99. The summed E-state index contributed by atoms with van der Waals surface area (Å²) in [6.07, 6.45) is 0. The van der Waals surface area contributed by atoms with E-state index in [1.807, 2.05) is 0 Å². The molecule has 0 saturated heterocycles. The van der Waals surface area contributed by atoms with Crippen LogP contribution >= 0.6 is 12.4 Å². The van der Waals surface area contributed by atoms with Crippen molar-refractivity contribution in [3.8, 4) is 11.5 Å². The second kappa shape index (κ2) is 5.70. The molecule has 1 rings (SSSR count). The molecule has 0 aliphatic rings. The highest BCUT2D eigenvalue weighted by Gasteiger charge is 2.09. The van der Waals surface area contributed by atoms with Crippen molar-refractivity contribution in [3.05, 3.63) is 23.8 Å². The zero-order valence-electron chi connectivity index (χ0n) is 7.77. The molecule has 5 heteroatoms. The van der Waals surface area contributed by atoms with Crippen LogP contribution in [0.4, 0.5) is 0 Å². The van der Waals surface area contributed by atoms with Gasteiger partial charge in [0.25, 0.3) is 0 Å². The quantitative estimate of drug-likeness (QED) is 0.567. The van der Waals surface area contributed by atoms with Gasteiger partial charge in [0.1, 0.15) is 0 Å². The topological polar surface area (TPSA) is 72.7 Å². The summed E-state index contributed by atoms with van der Waals surface area (Å²) in [5.41, 5.74) is 0.736. The van der Waals surface area contributed by atoms with E-state index in [9.17, 15) is 5.11 Å². The lowest BCUT2D eigenvalue weighted by Gasteiger charge is -2.13. The number of hydrogen-bond donors (Lipinski definition) is 4. The molecular weight excluding hydrogens is 206 g/mol. The summed E-state index contributed by atoms with van der Waals surface area (Å²) in [7, 11) is 1.71. The minimum absolute atomic E-state index is 0. The summed E-state index contributed by atoms with van der Waals surface area (Å²) in [4.78, 5) is 0. The van der Waals surface area contributed by atoms with Gasteiger partial charge in [-0.25, -0.2) is 0 Å². The molecule has 0 bridgehead atoms. The molecule has 1 aromatic carbocycles. The van der Waals surface area contributed by atoms with Crippen LogP contribution in [0.15, 0.2) is 18.2 Å². The van der Waals surface area contributed by atoms with Gasteiger partial charge in [0.2, 0.25) is 0 Å². The molecule has 0 fully saturated rings. The minimum Gasteiger partial charge on any atom is -0.504 e. The summed E-state index contributed by atoms with van der Waals surface area (Å²) in [6, 6.07) is 4.25. The van der Waals surface area contributed by atoms with E-state index in [1.165, 1.54) is 12.1 Å². The predicted octanol–water partition coefficient (Wildman–Crippen LogP) is 0.772. The largest absolute Gasteiger partial charge is 0.504 e. The number of aliphatic hydroxyl groups excluding tert-OH is 1. The summed E-state index contributed by atoms with van der Waals surface area (Å²) in [6.45, 7) is -0.0548. The lowest BCUT2D eigenvalue weighted by Crippen LogP contribution is -2.19. The van der Waals surface area contributed by atoms with Gasteiger partial charge < -0.3 is 20.6 Å². The van der Waals surface area contributed by atoms with Crippen LogP contribution in [0, 0.1) is 0 Å². The molecule has 0 spiro atoms. The van der Waals surface area contributed by atoms with E-state index in [0.717, 1.165) is 5.56 Å². The van der Waals surface area contributed by atoms with Crippen LogP contribution in [0.3, 0.4) is 0 Å². The zero-order chi connectivity index (χ0) is 9.84. The fourth-order valence-corrected chi connectivity index (χ4v) is 1.12. The third-order valence-electron chi connectivity index (χ3n) is 1.93. The molecule has 0 saturated carbocycles. The number of rotatable bonds is 3. The first-order chi connectivity index (χ1) is 6.19. The molecule has 1 aromatic rings. The molecule has 14 heavy (non-hydrogen) atoms. The van der Waals surface area contributed by atoms with Crippen molar-refractivity contribution in [3.63, 3.8) is 0 Å². The number of likely N-dealkylation sites (N-methyl/N-ethyl adjacent to an activating group) is 1. The first-order valence-corrected chi connectivity index (χ1v) is 3.99. The van der Waals surface area contributed by atoms with Gasteiger partial charge in [-0.15, -0.1) is 12.4 Å². The molecule has 4 N–H and O–H groups in total. The Bertz CT molecular complexity index is 289. The van der Waals surface area contributed by atoms with Crippen LogP contribution < -0.4 is 5.32 Å². The second-order valence-electron chi connectivity index (χ2n) is 2.77. The molecule has 1 atom stereocenters. The van der Waals surface area contributed by atoms with Gasteiger partial charge in [-0.05, 0) is 24.7 Å². The number of aromatic hydroxyl groups is 2. The number of halogens is 1. The van der Waals surface area contributed by atoms with E-state index in [-0.39, 0.29) is 36.6 Å². The van der Waals surface area contributed by atoms with Crippen molar-refractivity contribution < 1.29 is 15.3 Å². The lowest BCUT2D eigenvalue weighted by atomic mass is 10.1. The highest BCUT2D eigenvalue weighted by molar-refractivity contribution is 5.85. The van der Waals surface area contributed by atoms with Crippen LogP contribution in [0.5, 0.6) is 11.5 Å². The number of phenolic OH excluding ortho intramolecular Hbond substituents is 2. The first kappa shape index (κ1) is 13.0. The van der Waals surface area contributed by atoms with Crippen molar-refractivity contribution in [2.75, 3.05) is 13.7 Å². The Morgan fingerprint density at radius 2 is 1.93 bits per heavy atom. The average Bonchev–Trinajstić information content (AvgIpc) is 2.13. The van der Waals surface area contributed by atoms with Crippen LogP contribution in [0.1, 0.15) is 11.6 Å². The molecule has 4 nitrogen and oxygen atoms in total. The zero-order valence-corrected chi connectivity index (χ0v) is 8.58. The van der Waals surface area contributed by atoms with Crippen molar-refractivity contribution in [1.82, 2.24) is 5.32 Å². The van der Waals surface area contributed by atoms with E-state index in [1.54, 1.807) is 13.1 Å². The molecule has 0 aliphatic carbocycles. The van der Waals surface area contributed by atoms with E-state index in [0.29, 0.717) is 0 Å². The van der Waals surface area contributed by atoms with Crippen LogP contribution in [0.25, 0.3) is 0 Å². The van der Waals surface area contributed by atoms with Gasteiger partial charge in [0.05, 0.1) is 12.6 Å². The Morgan fingerprint density at radius 3 is 2.36 bits per heavy atom. The molecule has 0 radical (unpaired) electrons. The maximum Gasteiger partial charge on any atom is 0.157 e. The van der Waals surface area contributed by atoms with E-state index in [4.69, 9.17) is 10.2 Å². The Labute approximate surface area is 88.6 Å². The fourth-order valence-electron chi connectivity index (χ4n) is 1.12. The fraction of sp³-hybridized carbons (Fsp3) is 0.333. The van der Waals surface area contributed by atoms with Gasteiger partial charge in [-0.1, -0.05) is 6.07 Å². The van der Waals surface area contributed by atoms with E-state index in [2.05, 4.69) is 5.32 Å². The highest BCUT2D eigenvalue weighted by atomic mass is 35.5. The van der Waals surface area contributed by atoms with Crippen LogP contribution in [-0.4, -0.2) is 29.0 Å². The summed E-state index contributed by atoms with van der Waals surface area (Å²) in [5, 5.41) is 30.0. The molecule has 0 amide bonds. The van der Waals surface area contributed by atoms with Crippen molar-refractivity contribution >= 4 is 12.4 Å². The number of phenols is 2. The van der Waals surface area contributed by atoms with E-state index < -0.39 is 0 Å². The van der Waals surface area contributed by atoms with Gasteiger partial charge in [-0.2, -0.15) is 0 Å². The van der Waals surface area contributed by atoms with Gasteiger partial charge >= 0.3 is 0 Å². The van der Waals surface area contributed by atoms with Crippen molar-refractivity contribution in [1.29, 1.82) is 0 Å². The summed E-state index contributed by atoms with van der Waals surface area (Å²) >= 11 is 0. The number of hydrogen-bond acceptors (Lipinski definition) is 4. The van der Waals surface area contributed by atoms with Crippen LogP contribution in [0.2, 0.25) is 0 Å². The molecule has 80 valence electrons. The normalized spacial score (nSPS) is 11.9. The Kier molecular flexibility index (Phi) is 5.30. The summed E-state index contributed by atoms with van der Waals surface area (Å²) < 4.78 is 0. The standard InChI is InChI=1S/C9H13NO3.ClH/c1-10-7(5-11)6-2-3-8(12)9(13)4-6;/h2-4,7,10-13H,5H2,1H3;1H. The Morgan fingerprint density at radius 1 is 1.29 bits per heavy atom. The molecule has 0 aromatic heterocycles. The molecular formula is C9H14ClNO3. The number of aliphatic hydroxyl groups is 1. The third-order valence-corrected chi connectivity index (χ3v) is 1.93. The van der Waals surface area contributed by atoms with Crippen molar-refractivity contribution in [2.45, 2.75) is 6.04 Å². The maximum absolute atomic E-state index is 9.18. The monoisotopic (exact) mass is 219 g/mol. The number of nitrogens with one attached hydrogen (secondary N) is 1. The van der Waals surface area contributed by atoms with Gasteiger partial charge in [0, 0.05) is 0 Å². The van der Waals surface area contributed by atoms with Gasteiger partial charge in [-0.3, -0.25) is 0 Å².